The van der Waals surface area contributed by atoms with Crippen LogP contribution in [-0.2, 0) is 7.05 Å². The summed E-state index contributed by atoms with van der Waals surface area (Å²) < 4.78 is 15.2. The highest BCUT2D eigenvalue weighted by Gasteiger charge is 2.19. The summed E-state index contributed by atoms with van der Waals surface area (Å²) in [6.45, 7) is 4.03. The molecule has 2 rings (SSSR count). The lowest BCUT2D eigenvalue weighted by Gasteiger charge is -2.16. The molecular formula is C14H16ClFN2. The minimum Gasteiger partial charge on any atom is -0.275 e. The topological polar surface area (TPSA) is 17.8 Å². The van der Waals surface area contributed by atoms with E-state index in [9.17, 15) is 4.39 Å². The lowest BCUT2D eigenvalue weighted by molar-refractivity contribution is 0.622. The van der Waals surface area contributed by atoms with Crippen LogP contribution in [-0.4, -0.2) is 9.78 Å². The zero-order chi connectivity index (χ0) is 13.3. The number of rotatable bonds is 3. The quantitative estimate of drug-likeness (QED) is 0.819. The molecule has 1 aromatic heterocycles. The molecule has 1 atom stereocenters. The highest BCUT2D eigenvalue weighted by Crippen LogP contribution is 2.34. The van der Waals surface area contributed by atoms with Crippen molar-refractivity contribution >= 4 is 11.6 Å². The van der Waals surface area contributed by atoms with E-state index in [4.69, 9.17) is 11.6 Å². The van der Waals surface area contributed by atoms with Gasteiger partial charge in [0.25, 0.3) is 0 Å². The SMILES string of the molecule is CC[C@H](c1cc(F)ccc1Cl)c1cn(C)nc1C. The first kappa shape index (κ1) is 13.1. The Hall–Kier alpha value is -1.35. The van der Waals surface area contributed by atoms with Crippen LogP contribution in [0.5, 0.6) is 0 Å². The molecule has 0 aliphatic carbocycles. The lowest BCUT2D eigenvalue weighted by atomic mass is 9.89. The van der Waals surface area contributed by atoms with E-state index in [1.165, 1.54) is 12.1 Å². The fourth-order valence-corrected chi connectivity index (χ4v) is 2.60. The van der Waals surface area contributed by atoms with Gasteiger partial charge in [-0.3, -0.25) is 4.68 Å². The van der Waals surface area contributed by atoms with Gasteiger partial charge >= 0.3 is 0 Å². The highest BCUT2D eigenvalue weighted by molar-refractivity contribution is 6.31. The maximum atomic E-state index is 13.4. The summed E-state index contributed by atoms with van der Waals surface area (Å²) >= 11 is 6.18. The average molecular weight is 267 g/mol. The number of hydrogen-bond acceptors (Lipinski definition) is 1. The van der Waals surface area contributed by atoms with Gasteiger partial charge in [-0.25, -0.2) is 4.39 Å². The molecule has 0 saturated carbocycles. The first-order valence-corrected chi connectivity index (χ1v) is 6.35. The zero-order valence-electron chi connectivity index (χ0n) is 10.7. The van der Waals surface area contributed by atoms with Crippen molar-refractivity contribution in [2.75, 3.05) is 0 Å². The molecule has 0 aliphatic heterocycles. The standard InChI is InChI=1S/C14H16ClFN2/c1-4-11(13-8-18(3)17-9(13)2)12-7-10(16)5-6-14(12)15/h5-8,11H,4H2,1-3H3/t11-/m1/s1. The van der Waals surface area contributed by atoms with Crippen molar-refractivity contribution in [3.05, 3.63) is 52.1 Å². The molecule has 0 spiro atoms. The van der Waals surface area contributed by atoms with Gasteiger partial charge in [-0.2, -0.15) is 5.10 Å². The van der Waals surface area contributed by atoms with Crippen molar-refractivity contribution in [1.82, 2.24) is 9.78 Å². The van der Waals surface area contributed by atoms with Crippen LogP contribution in [0.15, 0.2) is 24.4 Å². The van der Waals surface area contributed by atoms with Crippen LogP contribution in [0.25, 0.3) is 0 Å². The van der Waals surface area contributed by atoms with Crippen LogP contribution in [0.1, 0.15) is 36.1 Å². The van der Waals surface area contributed by atoms with Crippen LogP contribution in [0, 0.1) is 12.7 Å². The van der Waals surface area contributed by atoms with E-state index >= 15 is 0 Å². The maximum Gasteiger partial charge on any atom is 0.123 e. The number of benzene rings is 1. The van der Waals surface area contributed by atoms with E-state index in [0.717, 1.165) is 23.2 Å². The van der Waals surface area contributed by atoms with Crippen molar-refractivity contribution < 1.29 is 4.39 Å². The van der Waals surface area contributed by atoms with E-state index in [1.54, 1.807) is 10.7 Å². The Bertz CT molecular complexity index is 563. The highest BCUT2D eigenvalue weighted by atomic mass is 35.5. The van der Waals surface area contributed by atoms with E-state index in [-0.39, 0.29) is 11.7 Å². The Kier molecular flexibility index (Phi) is 3.71. The van der Waals surface area contributed by atoms with Crippen molar-refractivity contribution in [2.45, 2.75) is 26.2 Å². The summed E-state index contributed by atoms with van der Waals surface area (Å²) in [6, 6.07) is 4.51. The summed E-state index contributed by atoms with van der Waals surface area (Å²) in [6.07, 6.45) is 2.83. The van der Waals surface area contributed by atoms with Crippen molar-refractivity contribution in [3.63, 3.8) is 0 Å². The molecule has 0 aliphatic rings. The van der Waals surface area contributed by atoms with Gasteiger partial charge in [-0.05, 0) is 37.1 Å². The molecule has 0 bridgehead atoms. The molecular weight excluding hydrogens is 251 g/mol. The molecule has 18 heavy (non-hydrogen) atoms. The second-order valence-electron chi connectivity index (χ2n) is 4.47. The van der Waals surface area contributed by atoms with Gasteiger partial charge in [-0.1, -0.05) is 18.5 Å². The smallest absolute Gasteiger partial charge is 0.123 e. The van der Waals surface area contributed by atoms with Crippen LogP contribution < -0.4 is 0 Å². The predicted octanol–water partition coefficient (Wildman–Crippen LogP) is 4.06. The van der Waals surface area contributed by atoms with Gasteiger partial charge < -0.3 is 0 Å². The monoisotopic (exact) mass is 266 g/mol. The minimum atomic E-state index is -0.255. The second kappa shape index (κ2) is 5.11. The van der Waals surface area contributed by atoms with Gasteiger partial charge in [0.2, 0.25) is 0 Å². The van der Waals surface area contributed by atoms with Crippen molar-refractivity contribution in [2.24, 2.45) is 7.05 Å². The van der Waals surface area contributed by atoms with Crippen molar-refractivity contribution in [3.8, 4) is 0 Å². The molecule has 1 heterocycles. The molecule has 0 N–H and O–H groups in total. The Morgan fingerprint density at radius 1 is 1.39 bits per heavy atom. The second-order valence-corrected chi connectivity index (χ2v) is 4.88. The van der Waals surface area contributed by atoms with E-state index in [0.29, 0.717) is 5.02 Å². The number of aryl methyl sites for hydroxylation is 2. The molecule has 0 amide bonds. The third-order valence-electron chi connectivity index (χ3n) is 3.17. The molecule has 2 nitrogen and oxygen atoms in total. The minimum absolute atomic E-state index is 0.0851. The van der Waals surface area contributed by atoms with Crippen LogP contribution in [0.3, 0.4) is 0 Å². The van der Waals surface area contributed by atoms with Crippen LogP contribution in [0.4, 0.5) is 4.39 Å². The Morgan fingerprint density at radius 3 is 2.67 bits per heavy atom. The Morgan fingerprint density at radius 2 is 2.11 bits per heavy atom. The molecule has 96 valence electrons. The van der Waals surface area contributed by atoms with E-state index in [1.807, 2.05) is 20.2 Å². The van der Waals surface area contributed by atoms with Crippen molar-refractivity contribution in [1.29, 1.82) is 0 Å². The molecule has 1 aromatic carbocycles. The summed E-state index contributed by atoms with van der Waals surface area (Å²) in [5.74, 6) is -0.170. The summed E-state index contributed by atoms with van der Waals surface area (Å²) in [5, 5.41) is 4.94. The molecule has 2 aromatic rings. The van der Waals surface area contributed by atoms with Gasteiger partial charge in [0.15, 0.2) is 0 Å². The first-order chi connectivity index (χ1) is 8.52. The van der Waals surface area contributed by atoms with Gasteiger partial charge in [-0.15, -0.1) is 0 Å². The van der Waals surface area contributed by atoms with E-state index in [2.05, 4.69) is 12.0 Å². The summed E-state index contributed by atoms with van der Waals surface area (Å²) in [7, 11) is 1.89. The fraction of sp³-hybridized carbons (Fsp3) is 0.357. The number of aromatic nitrogens is 2. The number of nitrogens with zero attached hydrogens (tertiary/aromatic N) is 2. The van der Waals surface area contributed by atoms with Gasteiger partial charge in [0, 0.05) is 29.7 Å². The fourth-order valence-electron chi connectivity index (χ4n) is 2.35. The first-order valence-electron chi connectivity index (χ1n) is 5.98. The number of hydrogen-bond donors (Lipinski definition) is 0. The zero-order valence-corrected chi connectivity index (χ0v) is 11.5. The molecule has 0 radical (unpaired) electrons. The normalized spacial score (nSPS) is 12.7. The van der Waals surface area contributed by atoms with E-state index < -0.39 is 0 Å². The van der Waals surface area contributed by atoms with Gasteiger partial charge in [0.1, 0.15) is 5.82 Å². The third-order valence-corrected chi connectivity index (χ3v) is 3.51. The molecule has 0 unspecified atom stereocenters. The number of halogens is 2. The van der Waals surface area contributed by atoms with Crippen LogP contribution >= 0.6 is 11.6 Å². The molecule has 0 fully saturated rings. The summed E-state index contributed by atoms with van der Waals surface area (Å²) in [4.78, 5) is 0. The Labute approximate surface area is 111 Å². The summed E-state index contributed by atoms with van der Waals surface area (Å²) in [5.41, 5.74) is 2.90. The average Bonchev–Trinajstić information content (AvgIpc) is 2.64. The predicted molar refractivity (Wildman–Crippen MR) is 71.5 cm³/mol. The third kappa shape index (κ3) is 2.41. The van der Waals surface area contributed by atoms with Gasteiger partial charge in [0.05, 0.1) is 5.69 Å². The Balaban J connectivity index is 2.51. The lowest BCUT2D eigenvalue weighted by Crippen LogP contribution is -2.02. The molecule has 4 heteroatoms. The molecule has 0 saturated heterocycles. The largest absolute Gasteiger partial charge is 0.275 e. The maximum absolute atomic E-state index is 13.4. The van der Waals surface area contributed by atoms with Crippen LogP contribution in [0.2, 0.25) is 5.02 Å².